The Morgan fingerprint density at radius 2 is 1.90 bits per heavy atom. The number of hydrogen-bond acceptors (Lipinski definition) is 5. The number of nitrogens with zero attached hydrogens (tertiary/aromatic N) is 2. The number of aryl methyl sites for hydroxylation is 2. The van der Waals surface area contributed by atoms with Crippen molar-refractivity contribution in [1.82, 2.24) is 10.4 Å². The molecule has 0 bridgehead atoms. The first-order valence-corrected chi connectivity index (χ1v) is 10.4. The fourth-order valence-corrected chi connectivity index (χ4v) is 3.80. The van der Waals surface area contributed by atoms with Gasteiger partial charge in [-0.25, -0.2) is 5.43 Å². The third-order valence-electron chi connectivity index (χ3n) is 5.37. The highest BCUT2D eigenvalue weighted by atomic mass is 16.4. The average Bonchev–Trinajstić information content (AvgIpc) is 3.15. The number of furan rings is 1. The third-order valence-corrected chi connectivity index (χ3v) is 5.37. The summed E-state index contributed by atoms with van der Waals surface area (Å²) in [7, 11) is 0. The predicted octanol–water partition coefficient (Wildman–Crippen LogP) is 4.27. The van der Waals surface area contributed by atoms with Gasteiger partial charge in [0.25, 0.3) is 11.8 Å². The van der Waals surface area contributed by atoms with E-state index in [1.54, 1.807) is 24.4 Å². The molecule has 1 aliphatic carbocycles. The number of amides is 2. The Balaban J connectivity index is 1.58. The second kappa shape index (κ2) is 8.95. The van der Waals surface area contributed by atoms with Crippen molar-refractivity contribution in [3.05, 3.63) is 82.6 Å². The maximum atomic E-state index is 13.0. The van der Waals surface area contributed by atoms with Crippen LogP contribution in [0.3, 0.4) is 0 Å². The van der Waals surface area contributed by atoms with Gasteiger partial charge in [-0.1, -0.05) is 31.2 Å². The van der Waals surface area contributed by atoms with Crippen LogP contribution in [-0.4, -0.2) is 22.5 Å². The molecule has 7 heteroatoms. The highest BCUT2D eigenvalue weighted by molar-refractivity contribution is 6.09. The Hall–Kier alpha value is -3.74. The molecule has 1 aliphatic rings. The molecule has 4 rings (SSSR count). The molecule has 2 N–H and O–H groups in total. The largest absolute Gasteiger partial charge is 0.455 e. The zero-order valence-electron chi connectivity index (χ0n) is 17.6. The molecule has 2 aromatic heterocycles. The van der Waals surface area contributed by atoms with E-state index in [2.05, 4.69) is 20.8 Å². The number of para-hydroxylation sites is 1. The molecule has 1 aromatic carbocycles. The molecule has 31 heavy (non-hydrogen) atoms. The molecule has 0 unspecified atom stereocenters. The van der Waals surface area contributed by atoms with Crippen LogP contribution in [0.25, 0.3) is 0 Å². The van der Waals surface area contributed by atoms with Gasteiger partial charge in [-0.2, -0.15) is 5.10 Å². The summed E-state index contributed by atoms with van der Waals surface area (Å²) in [5.74, 6) is 0.338. The van der Waals surface area contributed by atoms with Crippen molar-refractivity contribution in [2.45, 2.75) is 39.5 Å². The Bertz CT molecular complexity index is 1150. The number of hydrogen-bond donors (Lipinski definition) is 2. The van der Waals surface area contributed by atoms with Crippen molar-refractivity contribution in [2.75, 3.05) is 5.32 Å². The van der Waals surface area contributed by atoms with E-state index in [9.17, 15) is 9.59 Å². The van der Waals surface area contributed by atoms with Gasteiger partial charge < -0.3 is 9.73 Å². The minimum atomic E-state index is -0.379. The standard InChI is InChI=1S/C24H24N4O3/c1-3-16-9-4-5-10-17(16)26-24(30)22-15(2)21-18(12-8-13-20(21)31-22)27-28-23(29)19-11-6-7-14-25-19/h4-7,9-11,14H,3,8,12-13H2,1-2H3,(H,26,30)(H,28,29)/b27-18+. The molecule has 2 heterocycles. The van der Waals surface area contributed by atoms with E-state index in [-0.39, 0.29) is 17.6 Å². The normalized spacial score (nSPS) is 14.2. The lowest BCUT2D eigenvalue weighted by Gasteiger charge is -2.13. The van der Waals surface area contributed by atoms with Crippen LogP contribution in [0.15, 0.2) is 58.2 Å². The molecule has 3 aromatic rings. The lowest BCUT2D eigenvalue weighted by Crippen LogP contribution is -2.22. The highest BCUT2D eigenvalue weighted by Crippen LogP contribution is 2.30. The number of hydrazone groups is 1. The van der Waals surface area contributed by atoms with Crippen molar-refractivity contribution in [3.63, 3.8) is 0 Å². The molecule has 2 amide bonds. The first-order valence-electron chi connectivity index (χ1n) is 10.4. The van der Waals surface area contributed by atoms with Crippen LogP contribution >= 0.6 is 0 Å². The van der Waals surface area contributed by atoms with E-state index in [0.29, 0.717) is 17.8 Å². The number of carbonyl (C=O) groups is 2. The molecule has 0 saturated heterocycles. The lowest BCUT2D eigenvalue weighted by molar-refractivity contribution is 0.0948. The van der Waals surface area contributed by atoms with Gasteiger partial charge in [0.1, 0.15) is 11.5 Å². The first kappa shape index (κ1) is 20.5. The fraction of sp³-hybridized carbons (Fsp3) is 0.250. The number of benzene rings is 1. The summed E-state index contributed by atoms with van der Waals surface area (Å²) in [6, 6.07) is 12.8. The SMILES string of the molecule is CCc1ccccc1NC(=O)c1oc2c(c1C)/C(=N/NC(=O)c1ccccn1)CCC2. The van der Waals surface area contributed by atoms with E-state index in [1.807, 2.05) is 38.1 Å². The van der Waals surface area contributed by atoms with Crippen LogP contribution in [-0.2, 0) is 12.8 Å². The van der Waals surface area contributed by atoms with Gasteiger partial charge in [0.15, 0.2) is 5.76 Å². The molecule has 0 atom stereocenters. The maximum Gasteiger partial charge on any atom is 0.291 e. The first-order chi connectivity index (χ1) is 15.1. The molecular weight excluding hydrogens is 392 g/mol. The van der Waals surface area contributed by atoms with Crippen molar-refractivity contribution in [1.29, 1.82) is 0 Å². The zero-order valence-corrected chi connectivity index (χ0v) is 17.6. The summed E-state index contributed by atoms with van der Waals surface area (Å²) in [5, 5.41) is 7.29. The van der Waals surface area contributed by atoms with E-state index in [1.165, 1.54) is 0 Å². The summed E-state index contributed by atoms with van der Waals surface area (Å²) < 4.78 is 5.95. The van der Waals surface area contributed by atoms with E-state index in [4.69, 9.17) is 4.42 Å². The third kappa shape index (κ3) is 4.26. The van der Waals surface area contributed by atoms with Crippen LogP contribution < -0.4 is 10.7 Å². The smallest absolute Gasteiger partial charge is 0.291 e. The van der Waals surface area contributed by atoms with Crippen LogP contribution in [0.4, 0.5) is 5.69 Å². The number of aromatic nitrogens is 1. The zero-order chi connectivity index (χ0) is 21.8. The van der Waals surface area contributed by atoms with Gasteiger partial charge in [0.05, 0.1) is 5.71 Å². The summed E-state index contributed by atoms with van der Waals surface area (Å²) in [4.78, 5) is 29.3. The molecule has 0 radical (unpaired) electrons. The van der Waals surface area contributed by atoms with Crippen LogP contribution in [0.1, 0.15) is 63.3 Å². The van der Waals surface area contributed by atoms with Crippen LogP contribution in [0.2, 0.25) is 0 Å². The molecular formula is C24H24N4O3. The average molecular weight is 416 g/mol. The van der Waals surface area contributed by atoms with E-state index >= 15 is 0 Å². The van der Waals surface area contributed by atoms with Gasteiger partial charge in [0, 0.05) is 29.4 Å². The van der Waals surface area contributed by atoms with Crippen molar-refractivity contribution in [3.8, 4) is 0 Å². The number of nitrogens with one attached hydrogen (secondary N) is 2. The fourth-order valence-electron chi connectivity index (χ4n) is 3.80. The number of carbonyl (C=O) groups excluding carboxylic acids is 2. The lowest BCUT2D eigenvalue weighted by atomic mass is 9.93. The monoisotopic (exact) mass is 416 g/mol. The summed E-state index contributed by atoms with van der Waals surface area (Å²) in [6.45, 7) is 3.90. The van der Waals surface area contributed by atoms with Crippen LogP contribution in [0, 0.1) is 6.92 Å². The van der Waals surface area contributed by atoms with Gasteiger partial charge in [0.2, 0.25) is 0 Å². The molecule has 158 valence electrons. The molecule has 0 spiro atoms. The minimum absolute atomic E-state index is 0.279. The Kier molecular flexibility index (Phi) is 5.93. The summed E-state index contributed by atoms with van der Waals surface area (Å²) >= 11 is 0. The van der Waals surface area contributed by atoms with Gasteiger partial charge >= 0.3 is 0 Å². The van der Waals surface area contributed by atoms with Crippen molar-refractivity contribution < 1.29 is 14.0 Å². The second-order valence-electron chi connectivity index (χ2n) is 7.39. The van der Waals surface area contributed by atoms with Gasteiger partial charge in [-0.3, -0.25) is 14.6 Å². The number of rotatable bonds is 5. The summed E-state index contributed by atoms with van der Waals surface area (Å²) in [6.07, 6.45) is 4.62. The number of anilines is 1. The number of fused-ring (bicyclic) bond motifs is 1. The van der Waals surface area contributed by atoms with Crippen molar-refractivity contribution >= 4 is 23.2 Å². The molecule has 0 saturated carbocycles. The second-order valence-corrected chi connectivity index (χ2v) is 7.39. The van der Waals surface area contributed by atoms with Crippen molar-refractivity contribution in [2.24, 2.45) is 5.10 Å². The quantitative estimate of drug-likeness (QED) is 0.607. The maximum absolute atomic E-state index is 13.0. The minimum Gasteiger partial charge on any atom is -0.455 e. The molecule has 0 aliphatic heterocycles. The number of pyridine rings is 1. The summed E-state index contributed by atoms with van der Waals surface area (Å²) in [5.41, 5.74) is 6.95. The Labute approximate surface area is 180 Å². The van der Waals surface area contributed by atoms with Crippen LogP contribution in [0.5, 0.6) is 0 Å². The topological polar surface area (TPSA) is 96.6 Å². The Morgan fingerprint density at radius 3 is 2.68 bits per heavy atom. The highest BCUT2D eigenvalue weighted by Gasteiger charge is 2.28. The predicted molar refractivity (Wildman–Crippen MR) is 118 cm³/mol. The molecule has 7 nitrogen and oxygen atoms in total. The van der Waals surface area contributed by atoms with Gasteiger partial charge in [-0.05, 0) is 49.9 Å². The Morgan fingerprint density at radius 1 is 1.10 bits per heavy atom. The molecule has 0 fully saturated rings. The van der Waals surface area contributed by atoms with Gasteiger partial charge in [-0.15, -0.1) is 0 Å². The van der Waals surface area contributed by atoms with E-state index in [0.717, 1.165) is 47.4 Å². The van der Waals surface area contributed by atoms with E-state index < -0.39 is 0 Å².